The van der Waals surface area contributed by atoms with E-state index in [1.54, 1.807) is 0 Å². The second kappa shape index (κ2) is 9.64. The highest BCUT2D eigenvalue weighted by Crippen LogP contribution is 2.33. The highest BCUT2D eigenvalue weighted by atomic mass is 35.5. The molecule has 0 aliphatic carbocycles. The first kappa shape index (κ1) is 22.1. The third-order valence-electron chi connectivity index (χ3n) is 6.19. The van der Waals surface area contributed by atoms with Gasteiger partial charge in [-0.25, -0.2) is 0 Å². The summed E-state index contributed by atoms with van der Waals surface area (Å²) in [7, 11) is 0. The van der Waals surface area contributed by atoms with Crippen molar-refractivity contribution < 1.29 is 9.53 Å². The maximum atomic E-state index is 11.6. The van der Waals surface area contributed by atoms with E-state index in [9.17, 15) is 4.79 Å². The molecule has 0 spiro atoms. The normalized spacial score (nSPS) is 16.3. The summed E-state index contributed by atoms with van der Waals surface area (Å²) in [6.45, 7) is 4.64. The molecule has 5 nitrogen and oxygen atoms in total. The molecule has 1 amide bonds. The Morgan fingerprint density at radius 2 is 1.64 bits per heavy atom. The molecule has 2 aliphatic rings. The van der Waals surface area contributed by atoms with Gasteiger partial charge < -0.3 is 15.0 Å². The monoisotopic (exact) mass is 481 g/mol. The van der Waals surface area contributed by atoms with Crippen molar-refractivity contribution in [1.82, 2.24) is 4.90 Å². The van der Waals surface area contributed by atoms with Crippen LogP contribution in [0.2, 0.25) is 10.0 Å². The van der Waals surface area contributed by atoms with Gasteiger partial charge in [-0.05, 0) is 47.9 Å². The fourth-order valence-corrected chi connectivity index (χ4v) is 4.77. The number of aryl methyl sites for hydroxylation is 1. The number of amides is 1. The Labute approximate surface area is 203 Å². The van der Waals surface area contributed by atoms with Crippen LogP contribution in [-0.2, 0) is 17.8 Å². The molecule has 2 heterocycles. The van der Waals surface area contributed by atoms with Crippen LogP contribution >= 0.6 is 23.2 Å². The maximum Gasteiger partial charge on any atom is 0.224 e. The summed E-state index contributed by atoms with van der Waals surface area (Å²) in [5.41, 5.74) is 4.25. The summed E-state index contributed by atoms with van der Waals surface area (Å²) in [6.07, 6.45) is 1.31. The molecule has 0 bridgehead atoms. The summed E-state index contributed by atoms with van der Waals surface area (Å²) < 4.78 is 6.01. The van der Waals surface area contributed by atoms with E-state index in [2.05, 4.69) is 27.2 Å². The third kappa shape index (κ3) is 5.11. The van der Waals surface area contributed by atoms with Crippen molar-refractivity contribution in [2.75, 3.05) is 36.4 Å². The molecule has 1 fully saturated rings. The van der Waals surface area contributed by atoms with E-state index in [-0.39, 0.29) is 5.91 Å². The molecule has 170 valence electrons. The first-order valence-electron chi connectivity index (χ1n) is 11.2. The molecule has 1 saturated heterocycles. The van der Waals surface area contributed by atoms with Gasteiger partial charge in [0, 0.05) is 50.9 Å². The lowest BCUT2D eigenvalue weighted by Gasteiger charge is -2.36. The minimum atomic E-state index is 0.0560. The highest BCUT2D eigenvalue weighted by Gasteiger charge is 2.20. The Hall–Kier alpha value is -2.73. The zero-order chi connectivity index (χ0) is 22.8. The molecule has 3 aromatic rings. The van der Waals surface area contributed by atoms with Crippen LogP contribution in [0.25, 0.3) is 0 Å². The lowest BCUT2D eigenvalue weighted by atomic mass is 10.0. The van der Waals surface area contributed by atoms with Crippen molar-refractivity contribution in [3.8, 4) is 11.5 Å². The Bertz CT molecular complexity index is 1160. The quantitative estimate of drug-likeness (QED) is 0.485. The Morgan fingerprint density at radius 3 is 2.42 bits per heavy atom. The average Bonchev–Trinajstić information content (AvgIpc) is 2.82. The van der Waals surface area contributed by atoms with Crippen LogP contribution in [0.1, 0.15) is 17.5 Å². The molecule has 7 heteroatoms. The molecular weight excluding hydrogens is 457 g/mol. The first-order chi connectivity index (χ1) is 16.0. The SMILES string of the molecule is O=C1CCc2ccc(Oc3ccc(CN4CCN(c5cccc(Cl)c5Cl)CC4)cc3)cc2N1. The predicted molar refractivity (Wildman–Crippen MR) is 134 cm³/mol. The number of ether oxygens (including phenoxy) is 1. The number of benzene rings is 3. The number of fused-ring (bicyclic) bond motifs is 1. The predicted octanol–water partition coefficient (Wildman–Crippen LogP) is 5.99. The van der Waals surface area contributed by atoms with Crippen LogP contribution in [0.5, 0.6) is 11.5 Å². The second-order valence-electron chi connectivity index (χ2n) is 8.45. The third-order valence-corrected chi connectivity index (χ3v) is 7.00. The van der Waals surface area contributed by atoms with Crippen molar-refractivity contribution in [3.63, 3.8) is 0 Å². The van der Waals surface area contributed by atoms with E-state index in [0.717, 1.165) is 67.6 Å². The number of rotatable bonds is 5. The molecule has 0 radical (unpaired) electrons. The molecule has 1 N–H and O–H groups in total. The molecule has 0 atom stereocenters. The van der Waals surface area contributed by atoms with Gasteiger partial charge in [-0.15, -0.1) is 0 Å². The molecule has 0 unspecified atom stereocenters. The number of piperazine rings is 1. The van der Waals surface area contributed by atoms with Crippen molar-refractivity contribution in [2.45, 2.75) is 19.4 Å². The Kier molecular flexibility index (Phi) is 6.45. The van der Waals surface area contributed by atoms with E-state index in [4.69, 9.17) is 27.9 Å². The average molecular weight is 482 g/mol. The van der Waals surface area contributed by atoms with Gasteiger partial charge in [0.05, 0.1) is 15.7 Å². The molecule has 5 rings (SSSR count). The number of nitrogens with one attached hydrogen (secondary N) is 1. The van der Waals surface area contributed by atoms with Crippen LogP contribution in [0.3, 0.4) is 0 Å². The van der Waals surface area contributed by atoms with E-state index in [1.807, 2.05) is 48.5 Å². The summed E-state index contributed by atoms with van der Waals surface area (Å²) in [5, 5.41) is 4.14. The van der Waals surface area contributed by atoms with Crippen LogP contribution in [0.15, 0.2) is 60.7 Å². The van der Waals surface area contributed by atoms with E-state index in [0.29, 0.717) is 16.5 Å². The van der Waals surface area contributed by atoms with E-state index in [1.165, 1.54) is 5.56 Å². The number of hydrogen-bond donors (Lipinski definition) is 1. The Balaban J connectivity index is 1.16. The maximum absolute atomic E-state index is 11.6. The number of halogens is 2. The van der Waals surface area contributed by atoms with Crippen molar-refractivity contribution >= 4 is 40.5 Å². The lowest BCUT2D eigenvalue weighted by molar-refractivity contribution is -0.116. The van der Waals surface area contributed by atoms with Gasteiger partial charge in [0.2, 0.25) is 5.91 Å². The van der Waals surface area contributed by atoms with Crippen LogP contribution < -0.4 is 15.0 Å². The summed E-state index contributed by atoms with van der Waals surface area (Å²) in [6, 6.07) is 19.9. The van der Waals surface area contributed by atoms with Crippen LogP contribution in [0.4, 0.5) is 11.4 Å². The lowest BCUT2D eigenvalue weighted by Crippen LogP contribution is -2.46. The minimum Gasteiger partial charge on any atom is -0.457 e. The zero-order valence-electron chi connectivity index (χ0n) is 18.2. The van der Waals surface area contributed by atoms with Gasteiger partial charge in [-0.2, -0.15) is 0 Å². The number of nitrogens with zero attached hydrogens (tertiary/aromatic N) is 2. The van der Waals surface area contributed by atoms with Gasteiger partial charge >= 0.3 is 0 Å². The summed E-state index contributed by atoms with van der Waals surface area (Å²) in [5.74, 6) is 1.56. The van der Waals surface area contributed by atoms with Crippen molar-refractivity contribution in [1.29, 1.82) is 0 Å². The molecule has 0 saturated carbocycles. The number of carbonyl (C=O) groups excluding carboxylic acids is 1. The Morgan fingerprint density at radius 1 is 0.879 bits per heavy atom. The van der Waals surface area contributed by atoms with Crippen molar-refractivity contribution in [2.24, 2.45) is 0 Å². The summed E-state index contributed by atoms with van der Waals surface area (Å²) >= 11 is 12.6. The highest BCUT2D eigenvalue weighted by molar-refractivity contribution is 6.43. The molecule has 3 aromatic carbocycles. The summed E-state index contributed by atoms with van der Waals surface area (Å²) in [4.78, 5) is 16.4. The zero-order valence-corrected chi connectivity index (χ0v) is 19.7. The first-order valence-corrected chi connectivity index (χ1v) is 11.9. The molecular formula is C26H25Cl2N3O2. The van der Waals surface area contributed by atoms with Crippen LogP contribution in [0, 0.1) is 0 Å². The van der Waals surface area contributed by atoms with E-state index >= 15 is 0 Å². The van der Waals surface area contributed by atoms with Gasteiger partial charge in [-0.3, -0.25) is 9.69 Å². The molecule has 0 aromatic heterocycles. The largest absolute Gasteiger partial charge is 0.457 e. The number of carbonyl (C=O) groups is 1. The number of hydrogen-bond acceptors (Lipinski definition) is 4. The minimum absolute atomic E-state index is 0.0560. The van der Waals surface area contributed by atoms with Gasteiger partial charge in [0.1, 0.15) is 11.5 Å². The number of anilines is 2. The standard InChI is InChI=1S/C26H25Cl2N3O2/c27-22-2-1-3-24(26(22)28)31-14-12-30(13-15-31)17-18-4-8-20(9-5-18)33-21-10-6-19-7-11-25(32)29-23(19)16-21/h1-6,8-10,16H,7,11-15,17H2,(H,29,32). The van der Waals surface area contributed by atoms with Gasteiger partial charge in [0.15, 0.2) is 0 Å². The molecule has 2 aliphatic heterocycles. The fraction of sp³-hybridized carbons (Fsp3) is 0.269. The van der Waals surface area contributed by atoms with Gasteiger partial charge in [0.25, 0.3) is 0 Å². The topological polar surface area (TPSA) is 44.8 Å². The fourth-order valence-electron chi connectivity index (χ4n) is 4.36. The van der Waals surface area contributed by atoms with E-state index < -0.39 is 0 Å². The molecule has 33 heavy (non-hydrogen) atoms. The van der Waals surface area contributed by atoms with Gasteiger partial charge in [-0.1, -0.05) is 47.5 Å². The smallest absolute Gasteiger partial charge is 0.224 e. The van der Waals surface area contributed by atoms with Crippen LogP contribution in [-0.4, -0.2) is 37.0 Å². The van der Waals surface area contributed by atoms with Crippen molar-refractivity contribution in [3.05, 3.63) is 81.8 Å². The second-order valence-corrected chi connectivity index (χ2v) is 9.23.